The number of alkyl halides is 3. The minimum absolute atomic E-state index is 0.105. The van der Waals surface area contributed by atoms with Crippen molar-refractivity contribution in [2.75, 3.05) is 13.2 Å². The fourth-order valence-corrected chi connectivity index (χ4v) is 2.30. The molecule has 0 radical (unpaired) electrons. The normalized spacial score (nSPS) is 12.9. The average Bonchev–Trinajstić information content (AvgIpc) is 2.02. The van der Waals surface area contributed by atoms with Gasteiger partial charge in [-0.05, 0) is 25.4 Å². The van der Waals surface area contributed by atoms with E-state index in [4.69, 9.17) is 5.41 Å². The van der Waals surface area contributed by atoms with Gasteiger partial charge in [0.05, 0.1) is 13.2 Å². The van der Waals surface area contributed by atoms with Crippen LogP contribution in [0.4, 0.5) is 8.78 Å². The van der Waals surface area contributed by atoms with E-state index in [1.54, 1.807) is 0 Å². The minimum atomic E-state index is -4.23. The summed E-state index contributed by atoms with van der Waals surface area (Å²) >= 11 is 4.55. The van der Waals surface area contributed by atoms with Crippen LogP contribution in [0.2, 0.25) is 0 Å². The molecule has 0 aliphatic heterocycles. The lowest BCUT2D eigenvalue weighted by Crippen LogP contribution is -2.22. The highest BCUT2D eigenvalue weighted by atomic mass is 35.5. The molecule has 0 aliphatic carbocycles. The van der Waals surface area contributed by atoms with Crippen LogP contribution in [0.1, 0.15) is 13.8 Å². The lowest BCUT2D eigenvalue weighted by atomic mass is 10.8. The van der Waals surface area contributed by atoms with E-state index in [0.29, 0.717) is 0 Å². The number of nitrogens with one attached hydrogen (secondary N) is 1. The molecule has 0 saturated carbocycles. The van der Waals surface area contributed by atoms with Gasteiger partial charge in [-0.15, -0.1) is 0 Å². The molecule has 0 aromatic carbocycles. The van der Waals surface area contributed by atoms with Gasteiger partial charge in [0.2, 0.25) is 5.45 Å². The Balaban J connectivity index is 4.83. The molecule has 1 N–H and O–H groups in total. The van der Waals surface area contributed by atoms with Crippen molar-refractivity contribution in [3.8, 4) is 0 Å². The van der Waals surface area contributed by atoms with Crippen LogP contribution in [0.5, 0.6) is 0 Å². The molecule has 0 aromatic heterocycles. The van der Waals surface area contributed by atoms with E-state index in [9.17, 15) is 13.3 Å². The maximum atomic E-state index is 12.5. The summed E-state index contributed by atoms with van der Waals surface area (Å²) in [5.41, 5.74) is -1.53. The van der Waals surface area contributed by atoms with Crippen LogP contribution in [-0.4, -0.2) is 24.0 Å². The zero-order chi connectivity index (χ0) is 11.4. The monoisotopic (exact) mass is 249 g/mol. The van der Waals surface area contributed by atoms with E-state index in [2.05, 4.69) is 20.6 Å². The van der Waals surface area contributed by atoms with Crippen molar-refractivity contribution in [3.05, 3.63) is 0 Å². The van der Waals surface area contributed by atoms with E-state index in [1.165, 1.54) is 13.8 Å². The van der Waals surface area contributed by atoms with Crippen LogP contribution in [0.3, 0.4) is 0 Å². The summed E-state index contributed by atoms with van der Waals surface area (Å²) in [5, 5.41) is 2.89. The van der Waals surface area contributed by atoms with E-state index in [1.807, 2.05) is 0 Å². The first-order valence-electron chi connectivity index (χ1n) is 3.83. The highest BCUT2D eigenvalue weighted by molar-refractivity contribution is 7.72. The topological polar surface area (TPSA) is 59.4 Å². The summed E-state index contributed by atoms with van der Waals surface area (Å²) in [5.74, 6) is 0. The van der Waals surface area contributed by atoms with Crippen molar-refractivity contribution < 1.29 is 22.4 Å². The van der Waals surface area contributed by atoms with E-state index in [0.717, 1.165) is 0 Å². The fraction of sp³-hybridized carbons (Fsp3) is 0.833. The first-order valence-corrected chi connectivity index (χ1v) is 5.75. The Hall–Kier alpha value is -0.0300. The number of rotatable bonds is 6. The summed E-state index contributed by atoms with van der Waals surface area (Å²) in [7, 11) is -4.23. The third-order valence-electron chi connectivity index (χ3n) is 1.14. The van der Waals surface area contributed by atoms with Crippen molar-refractivity contribution >= 4 is 24.6 Å². The van der Waals surface area contributed by atoms with E-state index in [-0.39, 0.29) is 13.2 Å². The van der Waals surface area contributed by atoms with Crippen LogP contribution >= 0.6 is 19.2 Å². The molecule has 0 spiro atoms. The second kappa shape index (κ2) is 5.16. The lowest BCUT2D eigenvalue weighted by Gasteiger charge is -2.19. The Morgan fingerprint density at radius 3 is 2.00 bits per heavy atom. The molecule has 0 unspecified atom stereocenters. The molecular weight excluding hydrogens is 238 g/mol. The highest BCUT2D eigenvalue weighted by Crippen LogP contribution is 2.54. The van der Waals surface area contributed by atoms with Crippen LogP contribution in [0.25, 0.3) is 0 Å². The first kappa shape index (κ1) is 14.0. The van der Waals surface area contributed by atoms with Crippen LogP contribution in [0.15, 0.2) is 0 Å². The third-order valence-corrected chi connectivity index (χ3v) is 3.49. The van der Waals surface area contributed by atoms with Crippen molar-refractivity contribution in [3.63, 3.8) is 0 Å². The zero-order valence-corrected chi connectivity index (χ0v) is 9.37. The second-order valence-corrected chi connectivity index (χ2v) is 4.61. The molecule has 0 rings (SSSR count). The summed E-state index contributed by atoms with van der Waals surface area (Å²) in [4.78, 5) is 0. The largest absolute Gasteiger partial charge is 0.382 e. The molecule has 0 fully saturated rings. The molecule has 0 atom stereocenters. The Morgan fingerprint density at radius 2 is 1.79 bits per heavy atom. The third kappa shape index (κ3) is 3.61. The summed E-state index contributed by atoms with van der Waals surface area (Å²) < 4.78 is 45.5. The maximum Gasteiger partial charge on any atom is 0.382 e. The maximum absolute atomic E-state index is 12.5. The van der Waals surface area contributed by atoms with Gasteiger partial charge in [0.25, 0.3) is 0 Å². The Bertz CT molecular complexity index is 246. The molecule has 0 saturated heterocycles. The summed E-state index contributed by atoms with van der Waals surface area (Å²) in [6, 6.07) is 0. The predicted molar refractivity (Wildman–Crippen MR) is 49.4 cm³/mol. The minimum Gasteiger partial charge on any atom is -0.304 e. The standard InChI is InChI=1S/C6H11ClF2NO3P/c1-3-12-14(11,13-4-2)5(10)6(7,8)9/h10H,3-4H2,1-2H3. The van der Waals surface area contributed by atoms with Gasteiger partial charge in [-0.3, -0.25) is 9.97 Å². The van der Waals surface area contributed by atoms with Crippen molar-refractivity contribution in [2.24, 2.45) is 0 Å². The average molecular weight is 250 g/mol. The van der Waals surface area contributed by atoms with Gasteiger partial charge in [0.1, 0.15) is 0 Å². The highest BCUT2D eigenvalue weighted by Gasteiger charge is 2.46. The summed E-state index contributed by atoms with van der Waals surface area (Å²) in [6.45, 7) is 2.69. The molecule has 0 aliphatic rings. The second-order valence-electron chi connectivity index (χ2n) is 2.18. The molecule has 14 heavy (non-hydrogen) atoms. The smallest absolute Gasteiger partial charge is 0.304 e. The van der Waals surface area contributed by atoms with Crippen molar-refractivity contribution in [1.82, 2.24) is 0 Å². The van der Waals surface area contributed by atoms with Gasteiger partial charge in [-0.2, -0.15) is 8.78 Å². The Labute approximate surface area is 85.6 Å². The molecule has 0 aromatic rings. The van der Waals surface area contributed by atoms with E-state index >= 15 is 0 Å². The van der Waals surface area contributed by atoms with Crippen molar-refractivity contribution in [1.29, 1.82) is 5.41 Å². The number of hydrogen-bond donors (Lipinski definition) is 1. The van der Waals surface area contributed by atoms with Crippen molar-refractivity contribution in [2.45, 2.75) is 19.2 Å². The lowest BCUT2D eigenvalue weighted by molar-refractivity contribution is 0.169. The summed E-state index contributed by atoms with van der Waals surface area (Å²) in [6.07, 6.45) is 0. The quantitative estimate of drug-likeness (QED) is 0.447. The molecule has 84 valence electrons. The number of halogens is 3. The zero-order valence-electron chi connectivity index (χ0n) is 7.72. The van der Waals surface area contributed by atoms with Gasteiger partial charge >= 0.3 is 13.0 Å². The molecule has 4 nitrogen and oxygen atoms in total. The van der Waals surface area contributed by atoms with Gasteiger partial charge < -0.3 is 9.05 Å². The molecule has 0 amide bonds. The van der Waals surface area contributed by atoms with Gasteiger partial charge in [-0.25, -0.2) is 0 Å². The van der Waals surface area contributed by atoms with Crippen LogP contribution < -0.4 is 0 Å². The number of hydrogen-bond acceptors (Lipinski definition) is 4. The molecule has 8 heteroatoms. The SMILES string of the molecule is CCOP(=O)(OCC)C(=N)C(F)(F)Cl. The van der Waals surface area contributed by atoms with Gasteiger partial charge in [0.15, 0.2) is 0 Å². The predicted octanol–water partition coefficient (Wildman–Crippen LogP) is 3.06. The van der Waals surface area contributed by atoms with Crippen LogP contribution in [0, 0.1) is 5.41 Å². The first-order chi connectivity index (χ1) is 6.28. The van der Waals surface area contributed by atoms with Crippen LogP contribution in [-0.2, 0) is 13.6 Å². The van der Waals surface area contributed by atoms with Gasteiger partial charge in [0, 0.05) is 0 Å². The molecular formula is C6H11ClF2NO3P. The Morgan fingerprint density at radius 1 is 1.43 bits per heavy atom. The Kier molecular flexibility index (Phi) is 5.15. The fourth-order valence-electron chi connectivity index (χ4n) is 0.662. The molecule has 0 heterocycles. The van der Waals surface area contributed by atoms with Gasteiger partial charge in [-0.1, -0.05) is 0 Å². The van der Waals surface area contributed by atoms with E-state index < -0.39 is 18.4 Å². The molecule has 0 bridgehead atoms.